The molecule has 78 valence electrons. The molecule has 3 nitrogen and oxygen atoms in total. The molecule has 0 aromatic carbocycles. The summed E-state index contributed by atoms with van der Waals surface area (Å²) in [6.07, 6.45) is -0.730. The number of rotatable bonds is 4. The van der Waals surface area contributed by atoms with E-state index in [1.54, 1.807) is 25.4 Å². The third-order valence-corrected chi connectivity index (χ3v) is 1.79. The van der Waals surface area contributed by atoms with Crippen molar-refractivity contribution in [1.29, 1.82) is 0 Å². The Kier molecular flexibility index (Phi) is 3.76. The second-order valence-electron chi connectivity index (χ2n) is 3.13. The van der Waals surface area contributed by atoms with Gasteiger partial charge < -0.3 is 5.73 Å². The highest BCUT2D eigenvalue weighted by atomic mass is 19.3. The number of pyridine rings is 1. The first-order chi connectivity index (χ1) is 6.59. The standard InChI is InChI=1S/C9H13F2N3/c1-14(6-9(10)11)5-8-7(12)3-2-4-13-8/h2-4,9H,5-6,12H2,1H3. The van der Waals surface area contributed by atoms with Gasteiger partial charge in [0.1, 0.15) is 0 Å². The molecule has 0 fully saturated rings. The molecule has 0 radical (unpaired) electrons. The first-order valence-electron chi connectivity index (χ1n) is 4.25. The van der Waals surface area contributed by atoms with Gasteiger partial charge in [-0.05, 0) is 19.2 Å². The summed E-state index contributed by atoms with van der Waals surface area (Å²) in [5.41, 5.74) is 6.79. The van der Waals surface area contributed by atoms with Gasteiger partial charge in [-0.2, -0.15) is 0 Å². The maximum atomic E-state index is 12.0. The van der Waals surface area contributed by atoms with Crippen LogP contribution in [0.1, 0.15) is 5.69 Å². The summed E-state index contributed by atoms with van der Waals surface area (Å²) in [4.78, 5) is 5.50. The van der Waals surface area contributed by atoms with E-state index in [1.807, 2.05) is 0 Å². The average Bonchev–Trinajstić information content (AvgIpc) is 2.07. The van der Waals surface area contributed by atoms with Gasteiger partial charge in [0.25, 0.3) is 6.43 Å². The molecule has 5 heteroatoms. The lowest BCUT2D eigenvalue weighted by Gasteiger charge is -2.15. The number of nitrogens with zero attached hydrogens (tertiary/aromatic N) is 2. The van der Waals surface area contributed by atoms with Gasteiger partial charge in [0.05, 0.1) is 17.9 Å². The van der Waals surface area contributed by atoms with Crippen molar-refractivity contribution in [3.63, 3.8) is 0 Å². The Morgan fingerprint density at radius 1 is 1.57 bits per heavy atom. The molecule has 0 aliphatic heterocycles. The summed E-state index contributed by atoms with van der Waals surface area (Å²) >= 11 is 0. The number of nitrogen functional groups attached to an aromatic ring is 1. The van der Waals surface area contributed by atoms with Gasteiger partial charge in [-0.3, -0.25) is 9.88 Å². The van der Waals surface area contributed by atoms with Crippen molar-refractivity contribution in [2.45, 2.75) is 13.0 Å². The monoisotopic (exact) mass is 201 g/mol. The molecule has 1 aromatic rings. The quantitative estimate of drug-likeness (QED) is 0.799. The van der Waals surface area contributed by atoms with Crippen LogP contribution in [0.4, 0.5) is 14.5 Å². The molecular formula is C9H13F2N3. The predicted octanol–water partition coefficient (Wildman–Crippen LogP) is 1.36. The van der Waals surface area contributed by atoms with Crippen molar-refractivity contribution >= 4 is 5.69 Å². The fourth-order valence-corrected chi connectivity index (χ4v) is 1.14. The Hall–Kier alpha value is -1.23. The number of hydrogen-bond donors (Lipinski definition) is 1. The third-order valence-electron chi connectivity index (χ3n) is 1.79. The summed E-state index contributed by atoms with van der Waals surface area (Å²) in [6, 6.07) is 3.42. The average molecular weight is 201 g/mol. The van der Waals surface area contributed by atoms with E-state index in [0.717, 1.165) is 0 Å². The van der Waals surface area contributed by atoms with Crippen LogP contribution in [0, 0.1) is 0 Å². The zero-order valence-electron chi connectivity index (χ0n) is 7.95. The molecule has 0 unspecified atom stereocenters. The summed E-state index contributed by atoms with van der Waals surface area (Å²) in [7, 11) is 1.61. The highest BCUT2D eigenvalue weighted by molar-refractivity contribution is 5.41. The minimum Gasteiger partial charge on any atom is -0.397 e. The molecular weight excluding hydrogens is 188 g/mol. The Bertz CT molecular complexity index is 291. The summed E-state index contributed by atoms with van der Waals surface area (Å²) in [5.74, 6) is 0. The van der Waals surface area contributed by atoms with Crippen LogP contribution in [0.3, 0.4) is 0 Å². The lowest BCUT2D eigenvalue weighted by Crippen LogP contribution is -2.25. The van der Waals surface area contributed by atoms with Crippen molar-refractivity contribution in [3.05, 3.63) is 24.0 Å². The summed E-state index contributed by atoms with van der Waals surface area (Å²) in [5, 5.41) is 0. The first kappa shape index (κ1) is 10.8. The van der Waals surface area contributed by atoms with Crippen molar-refractivity contribution in [2.75, 3.05) is 19.3 Å². The van der Waals surface area contributed by atoms with Gasteiger partial charge in [-0.1, -0.05) is 0 Å². The van der Waals surface area contributed by atoms with E-state index in [-0.39, 0.29) is 6.54 Å². The third kappa shape index (κ3) is 3.26. The fraction of sp³-hybridized carbons (Fsp3) is 0.444. The SMILES string of the molecule is CN(Cc1ncccc1N)CC(F)F. The molecule has 1 rings (SSSR count). The minimum atomic E-state index is -2.33. The Morgan fingerprint density at radius 3 is 2.86 bits per heavy atom. The van der Waals surface area contributed by atoms with Crippen molar-refractivity contribution in [3.8, 4) is 0 Å². The molecule has 2 N–H and O–H groups in total. The number of nitrogens with two attached hydrogens (primary N) is 1. The van der Waals surface area contributed by atoms with Gasteiger partial charge in [-0.15, -0.1) is 0 Å². The Balaban J connectivity index is 2.56. The summed E-state index contributed by atoms with van der Waals surface area (Å²) in [6.45, 7) is 0.0764. The lowest BCUT2D eigenvalue weighted by molar-refractivity contribution is 0.0971. The smallest absolute Gasteiger partial charge is 0.251 e. The Morgan fingerprint density at radius 2 is 2.29 bits per heavy atom. The molecule has 0 aliphatic rings. The maximum absolute atomic E-state index is 12.0. The van der Waals surface area contributed by atoms with Crippen LogP contribution >= 0.6 is 0 Å². The van der Waals surface area contributed by atoms with Crippen LogP contribution in [-0.4, -0.2) is 29.9 Å². The van der Waals surface area contributed by atoms with E-state index in [4.69, 9.17) is 5.73 Å². The minimum absolute atomic E-state index is 0.268. The Labute approximate surface area is 81.5 Å². The molecule has 0 aliphatic carbocycles. The molecule has 0 bridgehead atoms. The number of anilines is 1. The zero-order chi connectivity index (χ0) is 10.6. The highest BCUT2D eigenvalue weighted by Gasteiger charge is 2.09. The van der Waals surface area contributed by atoms with Gasteiger partial charge in [0, 0.05) is 12.7 Å². The van der Waals surface area contributed by atoms with Crippen LogP contribution in [0.25, 0.3) is 0 Å². The number of aromatic nitrogens is 1. The molecule has 1 aromatic heterocycles. The van der Waals surface area contributed by atoms with Crippen LogP contribution in [-0.2, 0) is 6.54 Å². The van der Waals surface area contributed by atoms with E-state index in [2.05, 4.69) is 4.98 Å². The second-order valence-corrected chi connectivity index (χ2v) is 3.13. The van der Waals surface area contributed by atoms with E-state index >= 15 is 0 Å². The molecule has 0 amide bonds. The molecule has 1 heterocycles. The summed E-state index contributed by atoms with van der Waals surface area (Å²) < 4.78 is 24.0. The lowest BCUT2D eigenvalue weighted by atomic mass is 10.3. The van der Waals surface area contributed by atoms with Crippen molar-refractivity contribution < 1.29 is 8.78 Å². The van der Waals surface area contributed by atoms with Crippen LogP contribution < -0.4 is 5.73 Å². The van der Waals surface area contributed by atoms with Crippen molar-refractivity contribution in [2.24, 2.45) is 0 Å². The van der Waals surface area contributed by atoms with E-state index in [9.17, 15) is 8.78 Å². The maximum Gasteiger partial charge on any atom is 0.251 e. The van der Waals surface area contributed by atoms with E-state index in [1.165, 1.54) is 4.90 Å². The molecule has 0 saturated carbocycles. The number of alkyl halides is 2. The topological polar surface area (TPSA) is 42.2 Å². The largest absolute Gasteiger partial charge is 0.397 e. The van der Waals surface area contributed by atoms with Gasteiger partial charge in [0.15, 0.2) is 0 Å². The van der Waals surface area contributed by atoms with Gasteiger partial charge >= 0.3 is 0 Å². The van der Waals surface area contributed by atoms with Crippen LogP contribution in [0.2, 0.25) is 0 Å². The molecule has 14 heavy (non-hydrogen) atoms. The predicted molar refractivity (Wildman–Crippen MR) is 51.0 cm³/mol. The van der Waals surface area contributed by atoms with E-state index in [0.29, 0.717) is 17.9 Å². The number of halogens is 2. The van der Waals surface area contributed by atoms with E-state index < -0.39 is 6.43 Å². The first-order valence-corrected chi connectivity index (χ1v) is 4.25. The van der Waals surface area contributed by atoms with Gasteiger partial charge in [0.2, 0.25) is 0 Å². The van der Waals surface area contributed by atoms with Crippen molar-refractivity contribution in [1.82, 2.24) is 9.88 Å². The zero-order valence-corrected chi connectivity index (χ0v) is 7.95. The fourth-order valence-electron chi connectivity index (χ4n) is 1.14. The molecule has 0 saturated heterocycles. The second kappa shape index (κ2) is 4.85. The highest BCUT2D eigenvalue weighted by Crippen LogP contribution is 2.09. The van der Waals surface area contributed by atoms with Crippen LogP contribution in [0.15, 0.2) is 18.3 Å². The van der Waals surface area contributed by atoms with Crippen LogP contribution in [0.5, 0.6) is 0 Å². The van der Waals surface area contributed by atoms with Gasteiger partial charge in [-0.25, -0.2) is 8.78 Å². The molecule has 0 spiro atoms. The normalized spacial score (nSPS) is 11.2. The molecule has 0 atom stereocenters. The number of hydrogen-bond acceptors (Lipinski definition) is 3.